The number of carbonyl (C=O) groups excluding carboxylic acids is 2. The van der Waals surface area contributed by atoms with Gasteiger partial charge < -0.3 is 10.1 Å². The van der Waals surface area contributed by atoms with Crippen molar-refractivity contribution in [1.29, 1.82) is 0 Å². The molecule has 0 atom stereocenters. The SMILES string of the molecule is C.C.CCC(C)=O.CNC(C)=O. The third kappa shape index (κ3) is 61.4. The standard InChI is InChI=1S/C4H8O.C3H7NO.2CH4/c1-3-4(2)5;1-3(5)4-2;;/h3H2,1-2H3;1-2H3,(H,4,5);2*1H4. The first-order chi connectivity index (χ1) is 4.54. The summed E-state index contributed by atoms with van der Waals surface area (Å²) < 4.78 is 0. The van der Waals surface area contributed by atoms with E-state index in [2.05, 4.69) is 5.32 Å². The maximum Gasteiger partial charge on any atom is 0.216 e. The van der Waals surface area contributed by atoms with Crippen LogP contribution in [0.25, 0.3) is 0 Å². The van der Waals surface area contributed by atoms with Crippen molar-refractivity contribution in [2.45, 2.75) is 42.0 Å². The van der Waals surface area contributed by atoms with Crippen LogP contribution in [0.5, 0.6) is 0 Å². The van der Waals surface area contributed by atoms with Gasteiger partial charge in [-0.1, -0.05) is 21.8 Å². The second-order valence-electron chi connectivity index (χ2n) is 1.86. The van der Waals surface area contributed by atoms with Gasteiger partial charge in [0.1, 0.15) is 5.78 Å². The van der Waals surface area contributed by atoms with Gasteiger partial charge in [0.25, 0.3) is 0 Å². The Labute approximate surface area is 76.5 Å². The Morgan fingerprint density at radius 3 is 1.33 bits per heavy atom. The van der Waals surface area contributed by atoms with Crippen LogP contribution in [0.1, 0.15) is 42.0 Å². The molecule has 0 aliphatic carbocycles. The van der Waals surface area contributed by atoms with E-state index in [4.69, 9.17) is 0 Å². The van der Waals surface area contributed by atoms with Crippen molar-refractivity contribution in [3.05, 3.63) is 0 Å². The molecule has 0 aliphatic rings. The highest BCUT2D eigenvalue weighted by Gasteiger charge is 1.76. The fourth-order valence-corrected chi connectivity index (χ4v) is 0. The Kier molecular flexibility index (Phi) is 31.1. The quantitative estimate of drug-likeness (QED) is 0.666. The highest BCUT2D eigenvalue weighted by Crippen LogP contribution is 1.71. The van der Waals surface area contributed by atoms with E-state index in [1.807, 2.05) is 6.92 Å². The molecule has 3 heteroatoms. The molecule has 0 spiro atoms. The zero-order valence-electron chi connectivity index (χ0n) is 7.02. The Hall–Kier alpha value is -0.860. The zero-order chi connectivity index (χ0) is 8.57. The number of ketones is 1. The molecule has 0 fully saturated rings. The second-order valence-corrected chi connectivity index (χ2v) is 1.86. The summed E-state index contributed by atoms with van der Waals surface area (Å²) in [6, 6.07) is 0. The van der Waals surface area contributed by atoms with Crippen LogP contribution in [0, 0.1) is 0 Å². The highest BCUT2D eigenvalue weighted by atomic mass is 16.1. The van der Waals surface area contributed by atoms with Gasteiger partial charge in [-0.05, 0) is 6.92 Å². The molecule has 1 amide bonds. The summed E-state index contributed by atoms with van der Waals surface area (Å²) in [5.74, 6) is 0.259. The molecule has 0 aromatic heterocycles. The van der Waals surface area contributed by atoms with E-state index in [1.165, 1.54) is 6.92 Å². The highest BCUT2D eigenvalue weighted by molar-refractivity contribution is 5.74. The van der Waals surface area contributed by atoms with Crippen molar-refractivity contribution in [1.82, 2.24) is 5.32 Å². The van der Waals surface area contributed by atoms with E-state index >= 15 is 0 Å². The first-order valence-electron chi connectivity index (χ1n) is 3.22. The van der Waals surface area contributed by atoms with Crippen molar-refractivity contribution < 1.29 is 9.59 Å². The van der Waals surface area contributed by atoms with E-state index in [0.29, 0.717) is 6.42 Å². The number of hydrogen-bond acceptors (Lipinski definition) is 2. The summed E-state index contributed by atoms with van der Waals surface area (Å²) in [5.41, 5.74) is 0. The molecule has 0 saturated heterocycles. The lowest BCUT2D eigenvalue weighted by molar-refractivity contribution is -0.118. The molecule has 0 rings (SSSR count). The molecule has 0 unspecified atom stereocenters. The molecular weight excluding hydrogens is 154 g/mol. The summed E-state index contributed by atoms with van der Waals surface area (Å²) in [5, 5.41) is 2.39. The normalized spacial score (nSPS) is 6.00. The van der Waals surface area contributed by atoms with Crippen molar-refractivity contribution in [2.75, 3.05) is 7.05 Å². The Morgan fingerprint density at radius 1 is 1.17 bits per heavy atom. The fourth-order valence-electron chi connectivity index (χ4n) is 0. The summed E-state index contributed by atoms with van der Waals surface area (Å²) in [6.45, 7) is 4.91. The Balaban J connectivity index is -0.0000000457. The van der Waals surface area contributed by atoms with E-state index in [9.17, 15) is 9.59 Å². The third-order valence-corrected chi connectivity index (χ3v) is 0.850. The summed E-state index contributed by atoms with van der Waals surface area (Å²) in [7, 11) is 1.60. The summed E-state index contributed by atoms with van der Waals surface area (Å²) in [4.78, 5) is 19.5. The largest absolute Gasteiger partial charge is 0.359 e. The van der Waals surface area contributed by atoms with E-state index in [1.54, 1.807) is 14.0 Å². The molecule has 0 heterocycles. The lowest BCUT2D eigenvalue weighted by Crippen LogP contribution is -2.11. The molecule has 1 N–H and O–H groups in total. The van der Waals surface area contributed by atoms with E-state index in [0.717, 1.165) is 0 Å². The number of amides is 1. The number of hydrogen-bond donors (Lipinski definition) is 1. The Bertz CT molecular complexity index is 97.1. The van der Waals surface area contributed by atoms with Crippen molar-refractivity contribution in [3.63, 3.8) is 0 Å². The van der Waals surface area contributed by atoms with Gasteiger partial charge in [0, 0.05) is 20.4 Å². The van der Waals surface area contributed by atoms with Crippen LogP contribution in [0.2, 0.25) is 0 Å². The molecule has 0 aliphatic heterocycles. The van der Waals surface area contributed by atoms with Gasteiger partial charge in [-0.3, -0.25) is 4.79 Å². The van der Waals surface area contributed by atoms with Gasteiger partial charge >= 0.3 is 0 Å². The van der Waals surface area contributed by atoms with Crippen LogP contribution in [0.4, 0.5) is 0 Å². The van der Waals surface area contributed by atoms with Crippen LogP contribution in [0.15, 0.2) is 0 Å². The van der Waals surface area contributed by atoms with Crippen LogP contribution in [-0.2, 0) is 9.59 Å². The van der Waals surface area contributed by atoms with Crippen LogP contribution >= 0.6 is 0 Å². The third-order valence-electron chi connectivity index (χ3n) is 0.850. The van der Waals surface area contributed by atoms with Gasteiger partial charge in [0.05, 0.1) is 0 Å². The van der Waals surface area contributed by atoms with Gasteiger partial charge in [0.2, 0.25) is 5.91 Å². The zero-order valence-corrected chi connectivity index (χ0v) is 7.02. The molecule has 0 aromatic rings. The lowest BCUT2D eigenvalue weighted by atomic mass is 10.4. The molecule has 0 saturated carbocycles. The number of Topliss-reactive ketones (excluding diaryl/α,β-unsaturated/α-hetero) is 1. The minimum Gasteiger partial charge on any atom is -0.359 e. The minimum absolute atomic E-state index is 0. The van der Waals surface area contributed by atoms with Crippen LogP contribution in [-0.4, -0.2) is 18.7 Å². The molecule has 3 nitrogen and oxygen atoms in total. The first-order valence-corrected chi connectivity index (χ1v) is 3.22. The van der Waals surface area contributed by atoms with Crippen molar-refractivity contribution >= 4 is 11.7 Å². The second kappa shape index (κ2) is 16.6. The number of carbonyl (C=O) groups is 2. The van der Waals surface area contributed by atoms with Crippen LogP contribution in [0.3, 0.4) is 0 Å². The molecule has 0 bridgehead atoms. The maximum atomic E-state index is 9.81. The van der Waals surface area contributed by atoms with Gasteiger partial charge in [-0.25, -0.2) is 0 Å². The predicted molar refractivity (Wildman–Crippen MR) is 54.2 cm³/mol. The van der Waals surface area contributed by atoms with Gasteiger partial charge in [-0.15, -0.1) is 0 Å². The summed E-state index contributed by atoms with van der Waals surface area (Å²) >= 11 is 0. The van der Waals surface area contributed by atoms with Crippen molar-refractivity contribution in [2.24, 2.45) is 0 Å². The van der Waals surface area contributed by atoms with E-state index in [-0.39, 0.29) is 26.5 Å². The predicted octanol–water partition coefficient (Wildman–Crippen LogP) is 2.01. The topological polar surface area (TPSA) is 46.2 Å². The first kappa shape index (κ1) is 22.5. The number of nitrogens with one attached hydrogen (secondary N) is 1. The van der Waals surface area contributed by atoms with Crippen LogP contribution < -0.4 is 5.32 Å². The summed E-state index contributed by atoms with van der Waals surface area (Å²) in [6.07, 6.45) is 0.667. The monoisotopic (exact) mass is 177 g/mol. The maximum absolute atomic E-state index is 9.81. The average molecular weight is 177 g/mol. The van der Waals surface area contributed by atoms with Gasteiger partial charge in [-0.2, -0.15) is 0 Å². The smallest absolute Gasteiger partial charge is 0.216 e. The Morgan fingerprint density at radius 2 is 1.33 bits per heavy atom. The van der Waals surface area contributed by atoms with E-state index < -0.39 is 0 Å². The molecular formula is C9H23NO2. The molecule has 76 valence electrons. The van der Waals surface area contributed by atoms with Crippen molar-refractivity contribution in [3.8, 4) is 0 Å². The molecule has 0 radical (unpaired) electrons. The molecule has 0 aromatic carbocycles. The molecule has 12 heavy (non-hydrogen) atoms. The van der Waals surface area contributed by atoms with Gasteiger partial charge in [0.15, 0.2) is 0 Å². The fraction of sp³-hybridized carbons (Fsp3) is 0.778. The lowest BCUT2D eigenvalue weighted by Gasteiger charge is -1.80. The minimum atomic E-state index is 0. The number of rotatable bonds is 1. The average Bonchev–Trinajstić information content (AvgIpc) is 1.89.